The van der Waals surface area contributed by atoms with Gasteiger partial charge in [0.2, 0.25) is 0 Å². The van der Waals surface area contributed by atoms with E-state index in [0.29, 0.717) is 5.41 Å². The van der Waals surface area contributed by atoms with Crippen molar-refractivity contribution in [1.29, 1.82) is 0 Å². The summed E-state index contributed by atoms with van der Waals surface area (Å²) in [6.45, 7) is 13.4. The van der Waals surface area contributed by atoms with Crippen molar-refractivity contribution < 1.29 is 0 Å². The molecule has 0 fully saturated rings. The molecule has 0 N–H and O–H groups in total. The largest absolute Gasteiger partial charge is 0.0984 e. The van der Waals surface area contributed by atoms with Crippen molar-refractivity contribution in [3.8, 4) is 0 Å². The van der Waals surface area contributed by atoms with Gasteiger partial charge in [-0.1, -0.05) is 59.0 Å². The monoisotopic (exact) mass is 238 g/mol. The Morgan fingerprint density at radius 2 is 1.75 bits per heavy atom. The average Bonchev–Trinajstić information content (AvgIpc) is 2.32. The van der Waals surface area contributed by atoms with Crippen LogP contribution in [-0.2, 0) is 0 Å². The average molecular weight is 238 g/mol. The number of hydrogen-bond acceptors (Lipinski definition) is 0. The van der Waals surface area contributed by atoms with Crippen LogP contribution in [0, 0.1) is 5.41 Å². The molecule has 92 valence electrons. The second-order valence-corrected chi connectivity index (χ2v) is 5.78. The summed E-state index contributed by atoms with van der Waals surface area (Å²) in [5.41, 5.74) is 1.78. The van der Waals surface area contributed by atoms with Crippen LogP contribution in [0.1, 0.15) is 47.5 Å². The third-order valence-corrected chi connectivity index (χ3v) is 4.47. The van der Waals surface area contributed by atoms with Gasteiger partial charge < -0.3 is 0 Å². The first kappa shape index (κ1) is 15.7. The standard InChI is InChI=1S/C15H27P/c1-7-10-14(12-11-13(4)16-6)15(5,8-2)9-3/h7,10-12,16H,8-9H2,1-6H3/b10-7+,13-11+,14-12+. The van der Waals surface area contributed by atoms with E-state index in [1.165, 1.54) is 23.7 Å². The fraction of sp³-hybridized carbons (Fsp3) is 0.600. The second kappa shape index (κ2) is 7.85. The Bertz CT molecular complexity index is 278. The van der Waals surface area contributed by atoms with E-state index in [2.05, 4.69) is 65.6 Å². The van der Waals surface area contributed by atoms with Gasteiger partial charge in [0, 0.05) is 0 Å². The third kappa shape index (κ3) is 4.66. The number of rotatable bonds is 6. The minimum atomic E-state index is 0.320. The van der Waals surface area contributed by atoms with Gasteiger partial charge in [-0.2, -0.15) is 0 Å². The van der Waals surface area contributed by atoms with Crippen molar-refractivity contribution in [2.75, 3.05) is 6.66 Å². The maximum atomic E-state index is 2.36. The van der Waals surface area contributed by atoms with Gasteiger partial charge in [-0.3, -0.25) is 0 Å². The summed E-state index contributed by atoms with van der Waals surface area (Å²) in [6.07, 6.45) is 11.4. The SMILES string of the molecule is C/C=C/C(=C\C=C(/C)PC)C(C)(CC)CC. The molecule has 0 bridgehead atoms. The van der Waals surface area contributed by atoms with Crippen molar-refractivity contribution in [3.05, 3.63) is 35.2 Å². The zero-order chi connectivity index (χ0) is 12.6. The number of hydrogen-bond donors (Lipinski definition) is 0. The van der Waals surface area contributed by atoms with E-state index in [9.17, 15) is 0 Å². The molecule has 16 heavy (non-hydrogen) atoms. The molecule has 0 aliphatic carbocycles. The lowest BCUT2D eigenvalue weighted by Crippen LogP contribution is -2.15. The normalized spacial score (nSPS) is 15.6. The van der Waals surface area contributed by atoms with E-state index in [1.807, 2.05) is 0 Å². The minimum Gasteiger partial charge on any atom is -0.0984 e. The summed E-state index contributed by atoms with van der Waals surface area (Å²) in [4.78, 5) is 0. The lowest BCUT2D eigenvalue weighted by Gasteiger charge is -2.28. The zero-order valence-corrected chi connectivity index (χ0v) is 12.7. The summed E-state index contributed by atoms with van der Waals surface area (Å²) >= 11 is 0. The van der Waals surface area contributed by atoms with E-state index < -0.39 is 0 Å². The zero-order valence-electron chi connectivity index (χ0n) is 11.7. The molecule has 1 atom stereocenters. The van der Waals surface area contributed by atoms with E-state index in [4.69, 9.17) is 0 Å². The van der Waals surface area contributed by atoms with Gasteiger partial charge in [-0.05, 0) is 44.3 Å². The topological polar surface area (TPSA) is 0 Å². The van der Waals surface area contributed by atoms with E-state index >= 15 is 0 Å². The van der Waals surface area contributed by atoms with Crippen LogP contribution >= 0.6 is 8.58 Å². The van der Waals surface area contributed by atoms with Gasteiger partial charge in [0.25, 0.3) is 0 Å². The first-order chi connectivity index (χ1) is 7.53. The fourth-order valence-electron chi connectivity index (χ4n) is 1.59. The highest BCUT2D eigenvalue weighted by Crippen LogP contribution is 2.35. The fourth-order valence-corrected chi connectivity index (χ4v) is 1.84. The molecule has 0 aromatic heterocycles. The Morgan fingerprint density at radius 1 is 1.19 bits per heavy atom. The summed E-state index contributed by atoms with van der Waals surface area (Å²) in [5.74, 6) is 0. The van der Waals surface area contributed by atoms with Crippen molar-refractivity contribution in [2.24, 2.45) is 5.41 Å². The summed E-state index contributed by atoms with van der Waals surface area (Å²) in [7, 11) is 0.910. The molecule has 0 saturated heterocycles. The molecule has 0 saturated carbocycles. The molecular formula is C15H27P. The first-order valence-electron chi connectivity index (χ1n) is 6.23. The molecule has 0 aromatic rings. The van der Waals surface area contributed by atoms with Gasteiger partial charge >= 0.3 is 0 Å². The molecule has 0 aliphatic heterocycles. The van der Waals surface area contributed by atoms with Crippen LogP contribution in [0.3, 0.4) is 0 Å². The Hall–Kier alpha value is -0.350. The summed E-state index contributed by atoms with van der Waals surface area (Å²) < 4.78 is 0. The molecule has 0 aliphatic rings. The molecule has 0 rings (SSSR count). The van der Waals surface area contributed by atoms with Crippen molar-refractivity contribution >= 4 is 8.58 Å². The predicted molar refractivity (Wildman–Crippen MR) is 79.6 cm³/mol. The molecule has 0 aromatic carbocycles. The van der Waals surface area contributed by atoms with Crippen LogP contribution in [-0.4, -0.2) is 6.66 Å². The molecule has 0 amide bonds. The van der Waals surface area contributed by atoms with Gasteiger partial charge in [0.05, 0.1) is 0 Å². The predicted octanol–water partition coefficient (Wildman–Crippen LogP) is 5.53. The Balaban J connectivity index is 5.14. The van der Waals surface area contributed by atoms with Crippen molar-refractivity contribution in [2.45, 2.75) is 47.5 Å². The molecule has 0 heterocycles. The highest BCUT2D eigenvalue weighted by molar-refractivity contribution is 7.42. The van der Waals surface area contributed by atoms with Gasteiger partial charge in [-0.15, -0.1) is 0 Å². The van der Waals surface area contributed by atoms with Gasteiger partial charge in [0.15, 0.2) is 0 Å². The molecule has 1 heteroatoms. The van der Waals surface area contributed by atoms with Crippen LogP contribution in [0.4, 0.5) is 0 Å². The molecule has 0 radical (unpaired) electrons. The minimum absolute atomic E-state index is 0.320. The smallest absolute Gasteiger partial charge is 0.00806 e. The maximum absolute atomic E-state index is 2.36. The molecule has 1 unspecified atom stereocenters. The van der Waals surface area contributed by atoms with Crippen molar-refractivity contribution in [3.63, 3.8) is 0 Å². The van der Waals surface area contributed by atoms with Crippen LogP contribution in [0.15, 0.2) is 35.2 Å². The van der Waals surface area contributed by atoms with E-state index in [1.54, 1.807) is 0 Å². The van der Waals surface area contributed by atoms with Crippen LogP contribution < -0.4 is 0 Å². The highest BCUT2D eigenvalue weighted by atomic mass is 31.1. The quantitative estimate of drug-likeness (QED) is 0.422. The van der Waals surface area contributed by atoms with Crippen LogP contribution in [0.2, 0.25) is 0 Å². The lowest BCUT2D eigenvalue weighted by molar-refractivity contribution is 0.376. The van der Waals surface area contributed by atoms with E-state index in [-0.39, 0.29) is 0 Å². The Morgan fingerprint density at radius 3 is 2.12 bits per heavy atom. The highest BCUT2D eigenvalue weighted by Gasteiger charge is 2.22. The van der Waals surface area contributed by atoms with E-state index in [0.717, 1.165) is 8.58 Å². The van der Waals surface area contributed by atoms with Crippen molar-refractivity contribution in [1.82, 2.24) is 0 Å². The van der Waals surface area contributed by atoms with Gasteiger partial charge in [0.1, 0.15) is 0 Å². The molecule has 0 spiro atoms. The second-order valence-electron chi connectivity index (χ2n) is 4.49. The number of allylic oxidation sites excluding steroid dienone is 6. The molecular weight excluding hydrogens is 211 g/mol. The van der Waals surface area contributed by atoms with Crippen LogP contribution in [0.25, 0.3) is 0 Å². The lowest BCUT2D eigenvalue weighted by atomic mass is 9.77. The summed E-state index contributed by atoms with van der Waals surface area (Å²) in [6, 6.07) is 0. The maximum Gasteiger partial charge on any atom is -0.00806 e. The summed E-state index contributed by atoms with van der Waals surface area (Å²) in [5, 5.41) is 1.47. The van der Waals surface area contributed by atoms with Crippen LogP contribution in [0.5, 0.6) is 0 Å². The Kier molecular flexibility index (Phi) is 7.68. The Labute approximate surface area is 104 Å². The first-order valence-corrected chi connectivity index (χ1v) is 7.73. The third-order valence-electron chi connectivity index (χ3n) is 3.51. The van der Waals surface area contributed by atoms with Gasteiger partial charge in [-0.25, -0.2) is 0 Å². The molecule has 0 nitrogen and oxygen atoms in total.